The molecular formula is C12H12ClNO5S. The zero-order valence-corrected chi connectivity index (χ0v) is 11.9. The highest BCUT2D eigenvalue weighted by Crippen LogP contribution is 2.40. The van der Waals surface area contributed by atoms with Gasteiger partial charge in [0, 0.05) is 11.5 Å². The normalized spacial score (nSPS) is 13.8. The van der Waals surface area contributed by atoms with E-state index in [0.717, 1.165) is 5.56 Å². The van der Waals surface area contributed by atoms with Gasteiger partial charge in [-0.15, -0.1) is 0 Å². The lowest BCUT2D eigenvalue weighted by molar-refractivity contribution is -0.139. The van der Waals surface area contributed by atoms with E-state index in [1.54, 1.807) is 6.07 Å². The lowest BCUT2D eigenvalue weighted by atomic mass is 10.2. The molecule has 108 valence electrons. The summed E-state index contributed by atoms with van der Waals surface area (Å²) in [6.07, 6.45) is 0.386. The first-order chi connectivity index (χ1) is 9.61. The molecule has 2 N–H and O–H groups in total. The van der Waals surface area contributed by atoms with Crippen LogP contribution in [-0.2, 0) is 15.3 Å². The Labute approximate surface area is 124 Å². The molecule has 1 aliphatic heterocycles. The summed E-state index contributed by atoms with van der Waals surface area (Å²) in [6.45, 7) is 0.149. The topological polar surface area (TPSA) is 84.9 Å². The van der Waals surface area contributed by atoms with E-state index in [1.807, 2.05) is 6.07 Å². The summed E-state index contributed by atoms with van der Waals surface area (Å²) < 4.78 is 10.5. The predicted octanol–water partition coefficient (Wildman–Crippen LogP) is 1.50. The quantitative estimate of drug-likeness (QED) is 0.741. The number of amides is 1. The lowest BCUT2D eigenvalue weighted by Crippen LogP contribution is -2.37. The van der Waals surface area contributed by atoms with Gasteiger partial charge in [-0.3, -0.25) is 4.79 Å². The van der Waals surface area contributed by atoms with Crippen LogP contribution in [0.25, 0.3) is 0 Å². The van der Waals surface area contributed by atoms with Crippen molar-refractivity contribution in [2.24, 2.45) is 0 Å². The first-order valence-corrected chi connectivity index (χ1v) is 7.23. The minimum absolute atomic E-state index is 0.149. The molecule has 1 heterocycles. The number of ether oxygens (including phenoxy) is 2. The van der Waals surface area contributed by atoms with Crippen LogP contribution >= 0.6 is 23.4 Å². The van der Waals surface area contributed by atoms with E-state index in [1.165, 1.54) is 11.8 Å². The number of carboxylic acid groups (broad SMARTS) is 1. The third-order valence-corrected chi connectivity index (χ3v) is 3.99. The van der Waals surface area contributed by atoms with Crippen LogP contribution in [0.1, 0.15) is 5.56 Å². The number of nitrogens with one attached hydrogen (secondary N) is 1. The van der Waals surface area contributed by atoms with E-state index in [0.29, 0.717) is 28.7 Å². The van der Waals surface area contributed by atoms with E-state index in [9.17, 15) is 9.59 Å². The fourth-order valence-electron chi connectivity index (χ4n) is 1.67. The standard InChI is InChI=1S/C12H12ClNO5S/c13-8-1-7(2-10-11(8)19-6-18-10)3-20-4-9(12(16)17)14-5-15/h1-2,5,9H,3-4,6H2,(H,14,15)(H,16,17). The minimum Gasteiger partial charge on any atom is -0.480 e. The Hall–Kier alpha value is -1.60. The molecule has 0 bridgehead atoms. The molecule has 0 spiro atoms. The molecular weight excluding hydrogens is 306 g/mol. The number of fused-ring (bicyclic) bond motifs is 1. The number of hydrogen-bond donors (Lipinski definition) is 2. The SMILES string of the molecule is O=CNC(CSCc1cc(Cl)c2c(c1)OCO2)C(=O)O. The molecule has 6 nitrogen and oxygen atoms in total. The predicted molar refractivity (Wildman–Crippen MR) is 74.4 cm³/mol. The molecule has 8 heteroatoms. The Morgan fingerprint density at radius 1 is 1.55 bits per heavy atom. The van der Waals surface area contributed by atoms with Crippen LogP contribution in [0.2, 0.25) is 5.02 Å². The van der Waals surface area contributed by atoms with Crippen molar-refractivity contribution in [3.05, 3.63) is 22.7 Å². The van der Waals surface area contributed by atoms with Gasteiger partial charge in [-0.25, -0.2) is 4.79 Å². The highest BCUT2D eigenvalue weighted by molar-refractivity contribution is 7.98. The largest absolute Gasteiger partial charge is 0.480 e. The summed E-state index contributed by atoms with van der Waals surface area (Å²) in [5.41, 5.74) is 0.902. The average Bonchev–Trinajstić information content (AvgIpc) is 2.86. The summed E-state index contributed by atoms with van der Waals surface area (Å²) in [6, 6.07) is 2.66. The Balaban J connectivity index is 1.93. The van der Waals surface area contributed by atoms with E-state index >= 15 is 0 Å². The van der Waals surface area contributed by atoms with Gasteiger partial charge >= 0.3 is 5.97 Å². The second-order valence-electron chi connectivity index (χ2n) is 4.00. The van der Waals surface area contributed by atoms with Gasteiger partial charge in [0.1, 0.15) is 6.04 Å². The summed E-state index contributed by atoms with van der Waals surface area (Å²) in [5.74, 6) is 0.884. The monoisotopic (exact) mass is 317 g/mol. The van der Waals surface area contributed by atoms with Crippen molar-refractivity contribution in [2.75, 3.05) is 12.5 Å². The maximum absolute atomic E-state index is 10.8. The van der Waals surface area contributed by atoms with Gasteiger partial charge in [0.2, 0.25) is 13.2 Å². The van der Waals surface area contributed by atoms with E-state index in [2.05, 4.69) is 5.32 Å². The lowest BCUT2D eigenvalue weighted by Gasteiger charge is -2.11. The van der Waals surface area contributed by atoms with Gasteiger partial charge in [0.05, 0.1) is 5.02 Å². The zero-order valence-electron chi connectivity index (χ0n) is 10.3. The number of carbonyl (C=O) groups excluding carboxylic acids is 1. The molecule has 1 unspecified atom stereocenters. The second kappa shape index (κ2) is 6.71. The molecule has 0 aromatic heterocycles. The zero-order chi connectivity index (χ0) is 14.5. The molecule has 0 fully saturated rings. The van der Waals surface area contributed by atoms with E-state index in [4.69, 9.17) is 26.2 Å². The van der Waals surface area contributed by atoms with E-state index in [-0.39, 0.29) is 12.5 Å². The Kier molecular flexibility index (Phi) is 4.97. The molecule has 2 rings (SSSR count). The van der Waals surface area contributed by atoms with Gasteiger partial charge < -0.3 is 19.9 Å². The summed E-state index contributed by atoms with van der Waals surface area (Å²) in [5, 5.41) is 11.6. The number of carboxylic acids is 1. The summed E-state index contributed by atoms with van der Waals surface area (Å²) in [7, 11) is 0. The third-order valence-electron chi connectivity index (χ3n) is 2.61. The third kappa shape index (κ3) is 3.49. The van der Waals surface area contributed by atoms with Gasteiger partial charge in [-0.1, -0.05) is 11.6 Å². The average molecular weight is 318 g/mol. The van der Waals surface area contributed by atoms with Crippen molar-refractivity contribution in [1.82, 2.24) is 5.32 Å². The van der Waals surface area contributed by atoms with Crippen molar-refractivity contribution >= 4 is 35.7 Å². The van der Waals surface area contributed by atoms with Crippen LogP contribution in [0, 0.1) is 0 Å². The molecule has 1 atom stereocenters. The van der Waals surface area contributed by atoms with Crippen molar-refractivity contribution in [1.29, 1.82) is 0 Å². The molecule has 20 heavy (non-hydrogen) atoms. The number of rotatable bonds is 7. The molecule has 1 aromatic carbocycles. The fourth-order valence-corrected chi connectivity index (χ4v) is 2.95. The van der Waals surface area contributed by atoms with Crippen LogP contribution in [0.5, 0.6) is 11.5 Å². The Morgan fingerprint density at radius 3 is 3.05 bits per heavy atom. The summed E-state index contributed by atoms with van der Waals surface area (Å²) >= 11 is 7.43. The first kappa shape index (κ1) is 14.8. The van der Waals surface area contributed by atoms with Crippen molar-refractivity contribution in [3.8, 4) is 11.5 Å². The highest BCUT2D eigenvalue weighted by Gasteiger charge is 2.19. The van der Waals surface area contributed by atoms with Gasteiger partial charge in [-0.2, -0.15) is 11.8 Å². The van der Waals surface area contributed by atoms with Crippen LogP contribution in [-0.4, -0.2) is 36.1 Å². The van der Waals surface area contributed by atoms with Crippen LogP contribution < -0.4 is 14.8 Å². The number of thioether (sulfide) groups is 1. The van der Waals surface area contributed by atoms with Crippen LogP contribution in [0.3, 0.4) is 0 Å². The van der Waals surface area contributed by atoms with Gasteiger partial charge in [0.15, 0.2) is 11.5 Å². The molecule has 0 aliphatic carbocycles. The highest BCUT2D eigenvalue weighted by atomic mass is 35.5. The number of hydrogen-bond acceptors (Lipinski definition) is 5. The van der Waals surface area contributed by atoms with Crippen LogP contribution in [0.4, 0.5) is 0 Å². The number of halogens is 1. The Bertz CT molecular complexity index is 525. The smallest absolute Gasteiger partial charge is 0.327 e. The molecule has 0 radical (unpaired) electrons. The second-order valence-corrected chi connectivity index (χ2v) is 5.44. The molecule has 1 amide bonds. The molecule has 0 saturated carbocycles. The minimum atomic E-state index is -1.06. The van der Waals surface area contributed by atoms with Crippen molar-refractivity contribution in [3.63, 3.8) is 0 Å². The molecule has 1 aliphatic rings. The summed E-state index contributed by atoms with van der Waals surface area (Å²) in [4.78, 5) is 21.1. The number of aliphatic carboxylic acids is 1. The maximum Gasteiger partial charge on any atom is 0.327 e. The Morgan fingerprint density at radius 2 is 2.35 bits per heavy atom. The van der Waals surface area contributed by atoms with Gasteiger partial charge in [0.25, 0.3) is 0 Å². The van der Waals surface area contributed by atoms with E-state index < -0.39 is 12.0 Å². The maximum atomic E-state index is 10.8. The van der Waals surface area contributed by atoms with Crippen molar-refractivity contribution < 1.29 is 24.2 Å². The van der Waals surface area contributed by atoms with Crippen molar-refractivity contribution in [2.45, 2.75) is 11.8 Å². The van der Waals surface area contributed by atoms with Crippen LogP contribution in [0.15, 0.2) is 12.1 Å². The first-order valence-electron chi connectivity index (χ1n) is 5.70. The fraction of sp³-hybridized carbons (Fsp3) is 0.333. The number of benzene rings is 1. The van der Waals surface area contributed by atoms with Gasteiger partial charge in [-0.05, 0) is 17.7 Å². The molecule has 0 saturated heterocycles. The number of carbonyl (C=O) groups is 2. The molecule has 1 aromatic rings.